The molecule has 1 aliphatic rings. The van der Waals surface area contributed by atoms with E-state index in [0.29, 0.717) is 31.2 Å². The van der Waals surface area contributed by atoms with E-state index in [-0.39, 0.29) is 25.7 Å². The summed E-state index contributed by atoms with van der Waals surface area (Å²) in [5, 5.41) is 0.295. The summed E-state index contributed by atoms with van der Waals surface area (Å²) in [5.41, 5.74) is 0. The molecule has 0 atom stereocenters. The highest BCUT2D eigenvalue weighted by Gasteiger charge is 2.28. The molecule has 1 aromatic carbocycles. The molecule has 0 aliphatic carbocycles. The minimum atomic E-state index is -3.89. The van der Waals surface area contributed by atoms with Gasteiger partial charge in [-0.15, -0.1) is 11.3 Å². The van der Waals surface area contributed by atoms with Crippen molar-refractivity contribution in [2.45, 2.75) is 15.6 Å². The first kappa shape index (κ1) is 21.0. The fraction of sp³-hybridized carbons (Fsp3) is 0.333. The van der Waals surface area contributed by atoms with Gasteiger partial charge in [0.15, 0.2) is 0 Å². The Bertz CT molecular complexity index is 1030. The molecule has 2 heterocycles. The molecule has 12 heteroatoms. The highest BCUT2D eigenvalue weighted by atomic mass is 35.5. The molecular formula is C15H16Cl2N2O5S3. The van der Waals surface area contributed by atoms with Gasteiger partial charge in [-0.25, -0.2) is 21.6 Å². The van der Waals surface area contributed by atoms with Crippen LogP contribution >= 0.6 is 34.5 Å². The van der Waals surface area contributed by atoms with Crippen LogP contribution in [-0.2, 0) is 31.3 Å². The van der Waals surface area contributed by atoms with Gasteiger partial charge in [0.2, 0.25) is 10.0 Å². The van der Waals surface area contributed by atoms with Gasteiger partial charge in [-0.2, -0.15) is 4.31 Å². The van der Waals surface area contributed by atoms with Gasteiger partial charge in [-0.1, -0.05) is 23.2 Å². The fourth-order valence-electron chi connectivity index (χ4n) is 2.43. The third kappa shape index (κ3) is 4.83. The molecule has 0 amide bonds. The number of rotatable bonds is 6. The van der Waals surface area contributed by atoms with Crippen molar-refractivity contribution in [3.05, 3.63) is 45.3 Å². The van der Waals surface area contributed by atoms with Gasteiger partial charge in [-0.05, 0) is 30.3 Å². The summed E-state index contributed by atoms with van der Waals surface area (Å²) in [5.74, 6) is 0. The predicted molar refractivity (Wildman–Crippen MR) is 104 cm³/mol. The maximum atomic E-state index is 12.6. The molecule has 0 saturated carbocycles. The standard InChI is InChI=1S/C15H16Cl2N2O5S3/c16-11-1-3-13(17)14(9-11)26(20,21)18-10-12-2-4-15(25-12)27(22,23)19-5-7-24-8-6-19/h1-4,9,18H,5-8,10H2. The van der Waals surface area contributed by atoms with Crippen LogP contribution < -0.4 is 4.72 Å². The third-order valence-electron chi connectivity index (χ3n) is 3.82. The van der Waals surface area contributed by atoms with Gasteiger partial charge in [0.1, 0.15) is 9.10 Å². The molecule has 7 nitrogen and oxygen atoms in total. The van der Waals surface area contributed by atoms with Crippen molar-refractivity contribution in [3.63, 3.8) is 0 Å². The van der Waals surface area contributed by atoms with Crippen LogP contribution in [0.5, 0.6) is 0 Å². The number of hydrogen-bond donors (Lipinski definition) is 1. The normalized spacial score (nSPS) is 16.5. The maximum absolute atomic E-state index is 12.6. The van der Waals surface area contributed by atoms with Crippen molar-refractivity contribution in [1.82, 2.24) is 9.03 Å². The van der Waals surface area contributed by atoms with Crippen molar-refractivity contribution < 1.29 is 21.6 Å². The van der Waals surface area contributed by atoms with Crippen LogP contribution in [0.15, 0.2) is 39.4 Å². The minimum Gasteiger partial charge on any atom is -0.379 e. The Labute approximate surface area is 171 Å². The number of halogens is 2. The van der Waals surface area contributed by atoms with E-state index in [4.69, 9.17) is 27.9 Å². The first-order valence-electron chi connectivity index (χ1n) is 7.81. The number of morpholine rings is 1. The summed E-state index contributed by atoms with van der Waals surface area (Å²) in [4.78, 5) is 0.429. The summed E-state index contributed by atoms with van der Waals surface area (Å²) in [7, 11) is -7.50. The van der Waals surface area contributed by atoms with Crippen LogP contribution in [0, 0.1) is 0 Å². The minimum absolute atomic E-state index is 0.0497. The van der Waals surface area contributed by atoms with E-state index in [9.17, 15) is 16.8 Å². The molecule has 3 rings (SSSR count). The molecule has 1 saturated heterocycles. The van der Waals surface area contributed by atoms with Crippen molar-refractivity contribution >= 4 is 54.6 Å². The van der Waals surface area contributed by atoms with Crippen molar-refractivity contribution in [3.8, 4) is 0 Å². The number of nitrogens with one attached hydrogen (secondary N) is 1. The summed E-state index contributed by atoms with van der Waals surface area (Å²) < 4.78 is 59.2. The molecule has 0 unspecified atom stereocenters. The summed E-state index contributed by atoms with van der Waals surface area (Å²) >= 11 is 12.8. The average Bonchev–Trinajstić information content (AvgIpc) is 3.13. The number of sulfonamides is 2. The second-order valence-corrected chi connectivity index (χ2v) is 11.5. The highest BCUT2D eigenvalue weighted by Crippen LogP contribution is 2.27. The lowest BCUT2D eigenvalue weighted by molar-refractivity contribution is 0.0731. The van der Waals surface area contributed by atoms with Crippen LogP contribution in [0.4, 0.5) is 0 Å². The SMILES string of the molecule is O=S(=O)(NCc1ccc(S(=O)(=O)N2CCOCC2)s1)c1cc(Cl)ccc1Cl. The average molecular weight is 471 g/mol. The Kier molecular flexibility index (Phi) is 6.48. The lowest BCUT2D eigenvalue weighted by atomic mass is 10.4. The van der Waals surface area contributed by atoms with E-state index < -0.39 is 20.0 Å². The Morgan fingerprint density at radius 2 is 1.78 bits per heavy atom. The lowest BCUT2D eigenvalue weighted by Gasteiger charge is -2.25. The Balaban J connectivity index is 1.73. The van der Waals surface area contributed by atoms with Crippen molar-refractivity contribution in [2.75, 3.05) is 26.3 Å². The Morgan fingerprint density at radius 3 is 2.48 bits per heavy atom. The number of nitrogens with zero attached hydrogens (tertiary/aromatic N) is 1. The highest BCUT2D eigenvalue weighted by molar-refractivity contribution is 7.91. The van der Waals surface area contributed by atoms with Gasteiger partial charge in [0.05, 0.1) is 18.2 Å². The molecule has 27 heavy (non-hydrogen) atoms. The van der Waals surface area contributed by atoms with E-state index in [1.54, 1.807) is 6.07 Å². The molecule has 0 spiro atoms. The predicted octanol–water partition coefficient (Wildman–Crippen LogP) is 2.55. The zero-order valence-corrected chi connectivity index (χ0v) is 17.9. The van der Waals surface area contributed by atoms with Crippen molar-refractivity contribution in [2.24, 2.45) is 0 Å². The number of ether oxygens (including phenoxy) is 1. The number of thiophene rings is 1. The van der Waals surface area contributed by atoms with E-state index in [1.807, 2.05) is 0 Å². The largest absolute Gasteiger partial charge is 0.379 e. The first-order valence-corrected chi connectivity index (χ1v) is 12.3. The molecular weight excluding hydrogens is 455 g/mol. The van der Waals surface area contributed by atoms with Gasteiger partial charge in [-0.3, -0.25) is 0 Å². The van der Waals surface area contributed by atoms with E-state index in [1.165, 1.54) is 28.6 Å². The maximum Gasteiger partial charge on any atom is 0.252 e. The summed E-state index contributed by atoms with van der Waals surface area (Å²) in [6, 6.07) is 7.21. The molecule has 2 aromatic rings. The van der Waals surface area contributed by atoms with Crippen molar-refractivity contribution in [1.29, 1.82) is 0 Å². The van der Waals surface area contributed by atoms with Gasteiger partial charge in [0, 0.05) is 29.5 Å². The molecule has 0 bridgehead atoms. The van der Waals surface area contributed by atoms with E-state index >= 15 is 0 Å². The Hall–Kier alpha value is -0.720. The van der Waals surface area contributed by atoms with Crippen LogP contribution in [0.3, 0.4) is 0 Å². The monoisotopic (exact) mass is 470 g/mol. The van der Waals surface area contributed by atoms with Gasteiger partial charge < -0.3 is 4.74 Å². The van der Waals surface area contributed by atoms with E-state index in [0.717, 1.165) is 11.3 Å². The number of benzene rings is 1. The topological polar surface area (TPSA) is 92.8 Å². The summed E-state index contributed by atoms with van der Waals surface area (Å²) in [6.45, 7) is 1.26. The van der Waals surface area contributed by atoms with Gasteiger partial charge in [0.25, 0.3) is 10.0 Å². The lowest BCUT2D eigenvalue weighted by Crippen LogP contribution is -2.40. The van der Waals surface area contributed by atoms with Crippen LogP contribution in [0.1, 0.15) is 4.88 Å². The fourth-order valence-corrected chi connectivity index (χ4v) is 7.15. The first-order chi connectivity index (χ1) is 12.7. The second kappa shape index (κ2) is 8.34. The zero-order valence-electron chi connectivity index (χ0n) is 13.9. The molecule has 1 N–H and O–H groups in total. The van der Waals surface area contributed by atoms with E-state index in [2.05, 4.69) is 4.72 Å². The summed E-state index contributed by atoms with van der Waals surface area (Å²) in [6.07, 6.45) is 0. The molecule has 1 fully saturated rings. The molecule has 0 radical (unpaired) electrons. The van der Waals surface area contributed by atoms with Gasteiger partial charge >= 0.3 is 0 Å². The molecule has 1 aliphatic heterocycles. The Morgan fingerprint density at radius 1 is 1.07 bits per heavy atom. The van der Waals surface area contributed by atoms with Crippen LogP contribution in [0.25, 0.3) is 0 Å². The van der Waals surface area contributed by atoms with Crippen LogP contribution in [-0.4, -0.2) is 47.4 Å². The quantitative estimate of drug-likeness (QED) is 0.699. The molecule has 148 valence electrons. The zero-order chi connectivity index (χ0) is 19.7. The smallest absolute Gasteiger partial charge is 0.252 e. The second-order valence-electron chi connectivity index (χ2n) is 5.64. The number of hydrogen-bond acceptors (Lipinski definition) is 6. The van der Waals surface area contributed by atoms with Crippen LogP contribution in [0.2, 0.25) is 10.0 Å². The molecule has 1 aromatic heterocycles. The third-order valence-corrected chi connectivity index (χ3v) is 9.39.